The van der Waals surface area contributed by atoms with Gasteiger partial charge in [0.1, 0.15) is 5.82 Å². The number of carbonyl (C=O) groups excluding carboxylic acids is 1. The second kappa shape index (κ2) is 7.09. The summed E-state index contributed by atoms with van der Waals surface area (Å²) >= 11 is 0. The predicted octanol–water partition coefficient (Wildman–Crippen LogP) is 1.84. The number of carbonyl (C=O) groups is 1. The van der Waals surface area contributed by atoms with E-state index in [2.05, 4.69) is 5.32 Å². The molecule has 0 aliphatic carbocycles. The molecule has 0 aliphatic heterocycles. The summed E-state index contributed by atoms with van der Waals surface area (Å²) in [6.45, 7) is 6.51. The van der Waals surface area contributed by atoms with Crippen molar-refractivity contribution in [3.63, 3.8) is 0 Å². The summed E-state index contributed by atoms with van der Waals surface area (Å²) < 4.78 is 13.8. The number of nitrogens with one attached hydrogen (secondary N) is 1. The van der Waals surface area contributed by atoms with Gasteiger partial charge in [-0.3, -0.25) is 4.79 Å². The van der Waals surface area contributed by atoms with Crippen LogP contribution in [0.25, 0.3) is 0 Å². The largest absolute Gasteiger partial charge is 0.389 e. The number of nitrogens with zero attached hydrogens (tertiary/aromatic N) is 1. The number of rotatable bonds is 6. The zero-order valence-electron chi connectivity index (χ0n) is 11.6. The molecule has 0 aliphatic rings. The van der Waals surface area contributed by atoms with E-state index in [-0.39, 0.29) is 18.0 Å². The predicted molar refractivity (Wildman–Crippen MR) is 73.6 cm³/mol. The topological polar surface area (TPSA) is 52.6 Å². The molecule has 0 saturated heterocycles. The summed E-state index contributed by atoms with van der Waals surface area (Å²) in [5, 5.41) is 12.4. The van der Waals surface area contributed by atoms with E-state index in [9.17, 15) is 14.3 Å². The van der Waals surface area contributed by atoms with Crippen molar-refractivity contribution >= 4 is 11.6 Å². The molecule has 19 heavy (non-hydrogen) atoms. The lowest BCUT2D eigenvalue weighted by Crippen LogP contribution is -2.37. The SMILES string of the molecule is CCNC(=O)CN(CC)c1cccc(F)c1[C@@H](C)O. The molecule has 1 amide bonds. The van der Waals surface area contributed by atoms with Crippen molar-refractivity contribution in [2.24, 2.45) is 0 Å². The first-order valence-electron chi connectivity index (χ1n) is 6.49. The average Bonchev–Trinajstić information content (AvgIpc) is 2.35. The minimum absolute atomic E-state index is 0.120. The molecule has 4 nitrogen and oxygen atoms in total. The number of aliphatic hydroxyl groups is 1. The second-order valence-electron chi connectivity index (χ2n) is 4.32. The van der Waals surface area contributed by atoms with Crippen LogP contribution in [-0.2, 0) is 4.79 Å². The number of amides is 1. The Labute approximate surface area is 113 Å². The average molecular weight is 268 g/mol. The third-order valence-corrected chi connectivity index (χ3v) is 2.88. The Morgan fingerprint density at radius 2 is 2.16 bits per heavy atom. The van der Waals surface area contributed by atoms with Crippen LogP contribution in [0, 0.1) is 5.82 Å². The highest BCUT2D eigenvalue weighted by Gasteiger charge is 2.18. The van der Waals surface area contributed by atoms with E-state index >= 15 is 0 Å². The zero-order valence-corrected chi connectivity index (χ0v) is 11.6. The molecule has 0 aromatic heterocycles. The van der Waals surface area contributed by atoms with Crippen LogP contribution in [0.3, 0.4) is 0 Å². The van der Waals surface area contributed by atoms with Crippen LogP contribution >= 0.6 is 0 Å². The summed E-state index contributed by atoms with van der Waals surface area (Å²) in [5.74, 6) is -0.577. The van der Waals surface area contributed by atoms with Gasteiger partial charge in [-0.2, -0.15) is 0 Å². The molecular weight excluding hydrogens is 247 g/mol. The van der Waals surface area contributed by atoms with E-state index in [0.717, 1.165) is 0 Å². The highest BCUT2D eigenvalue weighted by molar-refractivity contribution is 5.81. The molecule has 2 N–H and O–H groups in total. The molecule has 0 fully saturated rings. The highest BCUT2D eigenvalue weighted by atomic mass is 19.1. The Morgan fingerprint density at radius 3 is 2.68 bits per heavy atom. The van der Waals surface area contributed by atoms with Crippen LogP contribution in [-0.4, -0.2) is 30.6 Å². The molecule has 1 aromatic rings. The van der Waals surface area contributed by atoms with Crippen LogP contribution in [0.5, 0.6) is 0 Å². The first-order valence-corrected chi connectivity index (χ1v) is 6.49. The van der Waals surface area contributed by atoms with Gasteiger partial charge in [0.2, 0.25) is 5.91 Å². The fraction of sp³-hybridized carbons (Fsp3) is 0.500. The van der Waals surface area contributed by atoms with E-state index in [4.69, 9.17) is 0 Å². The molecule has 1 rings (SSSR count). The molecule has 0 spiro atoms. The minimum atomic E-state index is -0.917. The molecule has 0 unspecified atom stereocenters. The monoisotopic (exact) mass is 268 g/mol. The summed E-state index contributed by atoms with van der Waals surface area (Å²) in [7, 11) is 0. The lowest BCUT2D eigenvalue weighted by Gasteiger charge is -2.26. The van der Waals surface area contributed by atoms with E-state index < -0.39 is 11.9 Å². The molecule has 1 atom stereocenters. The van der Waals surface area contributed by atoms with Crippen LogP contribution in [0.1, 0.15) is 32.4 Å². The molecule has 1 aromatic carbocycles. The van der Waals surface area contributed by atoms with Gasteiger partial charge in [0.05, 0.1) is 12.6 Å². The Bertz CT molecular complexity index is 435. The fourth-order valence-electron chi connectivity index (χ4n) is 2.01. The number of aliphatic hydroxyl groups excluding tert-OH is 1. The maximum atomic E-state index is 13.8. The van der Waals surface area contributed by atoms with Crippen molar-refractivity contribution in [2.75, 3.05) is 24.5 Å². The maximum Gasteiger partial charge on any atom is 0.239 e. The Morgan fingerprint density at radius 1 is 1.47 bits per heavy atom. The molecule has 0 heterocycles. The van der Waals surface area contributed by atoms with Gasteiger partial charge in [0, 0.05) is 24.3 Å². The zero-order chi connectivity index (χ0) is 14.4. The molecule has 0 bridgehead atoms. The Hall–Kier alpha value is -1.62. The number of hydrogen-bond acceptors (Lipinski definition) is 3. The third kappa shape index (κ3) is 3.92. The van der Waals surface area contributed by atoms with Crippen LogP contribution in [0.4, 0.5) is 10.1 Å². The van der Waals surface area contributed by atoms with Crippen LogP contribution in [0.15, 0.2) is 18.2 Å². The van der Waals surface area contributed by atoms with Gasteiger partial charge >= 0.3 is 0 Å². The van der Waals surface area contributed by atoms with Crippen LogP contribution in [0.2, 0.25) is 0 Å². The lowest BCUT2D eigenvalue weighted by molar-refractivity contribution is -0.119. The number of hydrogen-bond donors (Lipinski definition) is 2. The first-order chi connectivity index (χ1) is 9.01. The normalized spacial score (nSPS) is 12.1. The second-order valence-corrected chi connectivity index (χ2v) is 4.32. The van der Waals surface area contributed by atoms with E-state index in [1.54, 1.807) is 17.0 Å². The number of benzene rings is 1. The van der Waals surface area contributed by atoms with Crippen molar-refractivity contribution in [1.29, 1.82) is 0 Å². The van der Waals surface area contributed by atoms with Crippen molar-refractivity contribution in [3.05, 3.63) is 29.6 Å². The smallest absolute Gasteiger partial charge is 0.239 e. The van der Waals surface area contributed by atoms with Crippen molar-refractivity contribution in [2.45, 2.75) is 26.9 Å². The van der Waals surface area contributed by atoms with Gasteiger partial charge in [-0.15, -0.1) is 0 Å². The van der Waals surface area contributed by atoms with Gasteiger partial charge in [-0.05, 0) is 32.9 Å². The van der Waals surface area contributed by atoms with Gasteiger partial charge in [0.25, 0.3) is 0 Å². The quantitative estimate of drug-likeness (QED) is 0.827. The molecule has 106 valence electrons. The third-order valence-electron chi connectivity index (χ3n) is 2.88. The van der Waals surface area contributed by atoms with Crippen LogP contribution < -0.4 is 10.2 Å². The van der Waals surface area contributed by atoms with Crippen molar-refractivity contribution in [3.8, 4) is 0 Å². The summed E-state index contributed by atoms with van der Waals surface area (Å²) in [6.07, 6.45) is -0.917. The Balaban J connectivity index is 3.04. The number of likely N-dealkylation sites (N-methyl/N-ethyl adjacent to an activating group) is 2. The summed E-state index contributed by atoms with van der Waals surface area (Å²) in [6, 6.07) is 4.61. The molecule has 0 saturated carbocycles. The van der Waals surface area contributed by atoms with Crippen molar-refractivity contribution < 1.29 is 14.3 Å². The van der Waals surface area contributed by atoms with Gasteiger partial charge in [-0.25, -0.2) is 4.39 Å². The van der Waals surface area contributed by atoms with Gasteiger partial charge in [0.15, 0.2) is 0 Å². The van der Waals surface area contributed by atoms with Crippen molar-refractivity contribution in [1.82, 2.24) is 5.32 Å². The van der Waals surface area contributed by atoms with E-state index in [1.165, 1.54) is 13.0 Å². The summed E-state index contributed by atoms with van der Waals surface area (Å²) in [4.78, 5) is 13.4. The van der Waals surface area contributed by atoms with E-state index in [1.807, 2.05) is 13.8 Å². The number of halogens is 1. The lowest BCUT2D eigenvalue weighted by atomic mass is 10.1. The minimum Gasteiger partial charge on any atom is -0.389 e. The maximum absolute atomic E-state index is 13.8. The standard InChI is InChI=1S/C14H21FN2O2/c1-4-16-13(19)9-17(5-2)12-8-6-7-11(15)14(12)10(3)18/h6-8,10,18H,4-5,9H2,1-3H3,(H,16,19)/t10-/m1/s1. The highest BCUT2D eigenvalue weighted by Crippen LogP contribution is 2.28. The molecule has 0 radical (unpaired) electrons. The first kappa shape index (κ1) is 15.4. The molecule has 5 heteroatoms. The fourth-order valence-corrected chi connectivity index (χ4v) is 2.01. The Kier molecular flexibility index (Phi) is 5.76. The molecular formula is C14H21FN2O2. The van der Waals surface area contributed by atoms with Gasteiger partial charge in [-0.1, -0.05) is 6.07 Å². The van der Waals surface area contributed by atoms with Gasteiger partial charge < -0.3 is 15.3 Å². The van der Waals surface area contributed by atoms with E-state index in [0.29, 0.717) is 18.8 Å². The summed E-state index contributed by atoms with van der Waals surface area (Å²) in [5.41, 5.74) is 0.789. The number of anilines is 1.